The van der Waals surface area contributed by atoms with Crippen LogP contribution in [0, 0.1) is 0 Å². The number of hydrogen-bond donors (Lipinski definition) is 16. The van der Waals surface area contributed by atoms with Crippen LogP contribution in [0.4, 0.5) is 8.90 Å². The lowest BCUT2D eigenvalue weighted by Crippen LogP contribution is -2.58. The van der Waals surface area contributed by atoms with Gasteiger partial charge in [0.15, 0.2) is 0 Å². The summed E-state index contributed by atoms with van der Waals surface area (Å²) >= 11 is 0. The van der Waals surface area contributed by atoms with Crippen molar-refractivity contribution < 1.29 is 117 Å². The summed E-state index contributed by atoms with van der Waals surface area (Å²) in [6, 6.07) is -3.56. The van der Waals surface area contributed by atoms with Crippen LogP contribution >= 0.6 is 0 Å². The van der Waals surface area contributed by atoms with Crippen LogP contribution in [0.3, 0.4) is 0 Å². The molecule has 0 saturated carbocycles. The van der Waals surface area contributed by atoms with E-state index in [0.29, 0.717) is 5.19 Å². The number of halogens is 1. The summed E-state index contributed by atoms with van der Waals surface area (Å²) < 4.78 is 17.2. The second kappa shape index (κ2) is 41.2. The second-order valence-corrected chi connectivity index (χ2v) is 30.3. The smallest absolute Gasteiger partial charge is 0.326 e. The minimum Gasteiger partial charge on any atom is -0.481 e. The average Bonchev–Trinajstić information content (AvgIpc) is 0.749. The third kappa shape index (κ3) is 32.1. The number of nitrogens with zero attached hydrogens (tertiary/aromatic N) is 4. The van der Waals surface area contributed by atoms with Gasteiger partial charge in [-0.1, -0.05) is 53.7 Å². The fourth-order valence-corrected chi connectivity index (χ4v) is 15.3. The van der Waals surface area contributed by atoms with Gasteiger partial charge in [-0.05, 0) is 72.3 Å². The molecule has 1 fully saturated rings. The molecule has 1 aromatic rings. The summed E-state index contributed by atoms with van der Waals surface area (Å²) in [6.07, 6.45) is -3.00. The lowest BCUT2D eigenvalue weighted by molar-refractivity contribution is -0.142. The Morgan fingerprint density at radius 3 is 1.20 bits per heavy atom. The van der Waals surface area contributed by atoms with Gasteiger partial charge in [0, 0.05) is 103 Å². The highest BCUT2D eigenvalue weighted by Crippen LogP contribution is 2.51. The van der Waals surface area contributed by atoms with Gasteiger partial charge < -0.3 is 87.5 Å². The van der Waals surface area contributed by atoms with Gasteiger partial charge in [-0.3, -0.25) is 67.5 Å². The number of aliphatic carboxylic acids is 8. The van der Waals surface area contributed by atoms with E-state index in [1.165, 1.54) is 24.3 Å². The summed E-state index contributed by atoms with van der Waals surface area (Å²) in [5, 5.41) is 93.8. The molecule has 97 heavy (non-hydrogen) atoms. The van der Waals surface area contributed by atoms with Crippen molar-refractivity contribution in [2.24, 2.45) is 0 Å². The number of amides is 8. The van der Waals surface area contributed by atoms with Gasteiger partial charge in [-0.25, -0.2) is 24.0 Å². The van der Waals surface area contributed by atoms with Crippen LogP contribution in [0.1, 0.15) is 123 Å². The maximum absolute atomic E-state index is 17.2. The summed E-state index contributed by atoms with van der Waals surface area (Å²) in [4.78, 5) is 192. The number of urea groups is 1. The maximum atomic E-state index is 17.2. The molecular formula is C60H95FN12O23Si. The SMILES string of the molecule is CC(C)(C)[Si](F)(c1ccc(C(=O)N[C@H](CNC(=O)CN2CCN(CC(=O)O)CCN(CC(=O)O)CCN(CC(=O)O)CC2)C(=O)N[C@H](CCCCNC(=O)CCC(=O)NCCC[C@H](NC(=O)CC[C@H](NC(=O)N[C@@H](CCC(=O)O)C(=O)O)C(=O)O)C(=O)O)C(=O)O)cc1)C(C)(C)C. The molecule has 8 amide bonds. The first-order valence-electron chi connectivity index (χ1n) is 31.5. The van der Waals surface area contributed by atoms with Gasteiger partial charge in [0.25, 0.3) is 14.3 Å². The van der Waals surface area contributed by atoms with Crippen molar-refractivity contribution >= 4 is 103 Å². The normalized spacial score (nSPS) is 15.5. The molecule has 2 rings (SSSR count). The molecule has 1 aliphatic rings. The minimum absolute atomic E-state index is 0.00322. The van der Waals surface area contributed by atoms with E-state index in [2.05, 4.69) is 31.9 Å². The maximum Gasteiger partial charge on any atom is 0.326 e. The number of unbranched alkanes of at least 4 members (excludes halogenated alkanes) is 1. The zero-order chi connectivity index (χ0) is 73.4. The molecule has 0 spiro atoms. The predicted molar refractivity (Wildman–Crippen MR) is 343 cm³/mol. The van der Waals surface area contributed by atoms with Gasteiger partial charge in [0.1, 0.15) is 30.2 Å². The van der Waals surface area contributed by atoms with E-state index in [9.17, 15) is 108 Å². The molecule has 1 saturated heterocycles. The van der Waals surface area contributed by atoms with E-state index in [1.807, 2.05) is 10.6 Å². The molecular weight excluding hydrogens is 1300 g/mol. The first kappa shape index (κ1) is 84.1. The highest BCUT2D eigenvalue weighted by molar-refractivity contribution is 6.90. The number of carboxylic acids is 8. The number of carbonyl (C=O) groups is 15. The highest BCUT2D eigenvalue weighted by atomic mass is 28.4. The van der Waals surface area contributed by atoms with Crippen LogP contribution in [-0.2, 0) is 62.3 Å². The van der Waals surface area contributed by atoms with Crippen molar-refractivity contribution in [1.29, 1.82) is 0 Å². The zero-order valence-electron chi connectivity index (χ0n) is 55.4. The molecule has 35 nitrogen and oxygen atoms in total. The molecule has 0 aliphatic carbocycles. The van der Waals surface area contributed by atoms with Crippen molar-refractivity contribution in [3.8, 4) is 0 Å². The number of carboxylic acid groups (broad SMARTS) is 8. The van der Waals surface area contributed by atoms with Gasteiger partial charge in [0.05, 0.1) is 26.2 Å². The average molecular weight is 1400 g/mol. The standard InChI is InChI=1S/C60H95FN12O23Si/c1-59(2,3)97(61,60(4,5)6)38-14-12-37(13-15-38)52(86)67-43(32-64-47(77)33-70-24-26-71(34-49(80)81)28-30-73(36-51(84)85)31-29-72(27-25-70)35-50(82)83)53(87)66-40(55(90)91)10-7-8-22-62-44(74)19-20-45(75)63-23-9-11-39(54(88)89)65-46(76)18-16-41(56(92)93)68-58(96)69-42(57(94)95)17-21-48(78)79/h12-15,39-43H,7-11,16-36H2,1-6H3,(H,62,74)(H,63,75)(H,64,77)(H,65,76)(H,66,87)(H,67,86)(H,78,79)(H,80,81)(H,82,83)(H,84,85)(H,88,89)(H,90,91)(H,92,93)(H,94,95)(H2,68,69,96)/t39-,40+,41-,42-,43+/m0/s1. The van der Waals surface area contributed by atoms with E-state index >= 15 is 4.11 Å². The van der Waals surface area contributed by atoms with Crippen molar-refractivity contribution in [2.75, 3.05) is 98.2 Å². The van der Waals surface area contributed by atoms with E-state index in [-0.39, 0.29) is 129 Å². The third-order valence-electron chi connectivity index (χ3n) is 15.7. The molecule has 16 N–H and O–H groups in total. The molecule has 37 heteroatoms. The van der Waals surface area contributed by atoms with Gasteiger partial charge in [-0.15, -0.1) is 0 Å². The van der Waals surface area contributed by atoms with Crippen LogP contribution in [0.25, 0.3) is 0 Å². The molecule has 5 atom stereocenters. The van der Waals surface area contributed by atoms with Crippen LogP contribution < -0.4 is 47.7 Å². The van der Waals surface area contributed by atoms with Gasteiger partial charge in [-0.2, -0.15) is 0 Å². The largest absolute Gasteiger partial charge is 0.481 e. The Bertz CT molecular complexity index is 2870. The van der Waals surface area contributed by atoms with Gasteiger partial charge in [0.2, 0.25) is 29.5 Å². The summed E-state index contributed by atoms with van der Waals surface area (Å²) in [7, 11) is -3.78. The number of benzene rings is 1. The number of rotatable bonds is 40. The Kier molecular flexibility index (Phi) is 35.8. The zero-order valence-corrected chi connectivity index (χ0v) is 56.4. The molecule has 1 aromatic carbocycles. The second-order valence-electron chi connectivity index (χ2n) is 25.4. The first-order chi connectivity index (χ1) is 45.2. The lowest BCUT2D eigenvalue weighted by Gasteiger charge is -2.44. The summed E-state index contributed by atoms with van der Waals surface area (Å²) in [6.45, 7) is 9.36. The number of hydrogen-bond acceptors (Lipinski definition) is 19. The Hall–Kier alpha value is -8.94. The van der Waals surface area contributed by atoms with E-state index in [0.717, 1.165) is 0 Å². The van der Waals surface area contributed by atoms with Crippen molar-refractivity contribution in [2.45, 2.75) is 152 Å². The Morgan fingerprint density at radius 2 is 0.794 bits per heavy atom. The lowest BCUT2D eigenvalue weighted by atomic mass is 10.1. The molecule has 1 aliphatic heterocycles. The molecule has 0 bridgehead atoms. The Balaban J connectivity index is 2.09. The molecule has 0 radical (unpaired) electrons. The van der Waals surface area contributed by atoms with Gasteiger partial charge >= 0.3 is 53.8 Å². The Morgan fingerprint density at radius 1 is 0.412 bits per heavy atom. The fraction of sp³-hybridized carbons (Fsp3) is 0.650. The molecule has 0 aromatic heterocycles. The van der Waals surface area contributed by atoms with Crippen LogP contribution in [-0.4, -0.2) is 286 Å². The predicted octanol–water partition coefficient (Wildman–Crippen LogP) is -1.95. The van der Waals surface area contributed by atoms with Crippen molar-refractivity contribution in [3.05, 3.63) is 29.8 Å². The quantitative estimate of drug-likeness (QED) is 0.0193. The fourth-order valence-electron chi connectivity index (χ4n) is 10.7. The number of nitrogens with one attached hydrogen (secondary N) is 8. The summed E-state index contributed by atoms with van der Waals surface area (Å²) in [5.74, 6) is -15.6. The van der Waals surface area contributed by atoms with Crippen molar-refractivity contribution in [1.82, 2.24) is 62.1 Å². The Labute approximate surface area is 560 Å². The minimum atomic E-state index is -3.78. The molecule has 0 unspecified atom stereocenters. The van der Waals surface area contributed by atoms with E-state index in [1.54, 1.807) is 61.1 Å². The summed E-state index contributed by atoms with van der Waals surface area (Å²) in [5.41, 5.74) is 0.00322. The molecule has 1 heterocycles. The van der Waals surface area contributed by atoms with E-state index < -0.39 is 183 Å². The highest BCUT2D eigenvalue weighted by Gasteiger charge is 2.56. The molecule has 544 valence electrons. The van der Waals surface area contributed by atoms with Crippen molar-refractivity contribution in [3.63, 3.8) is 0 Å². The van der Waals surface area contributed by atoms with Crippen LogP contribution in [0.15, 0.2) is 24.3 Å². The monoisotopic (exact) mass is 1400 g/mol. The van der Waals surface area contributed by atoms with Crippen LogP contribution in [0.5, 0.6) is 0 Å². The third-order valence-corrected chi connectivity index (χ3v) is 20.9. The number of carbonyl (C=O) groups excluding carboxylic acids is 7. The van der Waals surface area contributed by atoms with Crippen LogP contribution in [0.2, 0.25) is 10.1 Å². The first-order valence-corrected chi connectivity index (χ1v) is 33.4. The van der Waals surface area contributed by atoms with E-state index in [4.69, 9.17) is 5.11 Å². The topological polar surface area (TPSA) is 527 Å².